The van der Waals surface area contributed by atoms with E-state index in [1.165, 1.54) is 16.3 Å². The van der Waals surface area contributed by atoms with Crippen LogP contribution in [0.2, 0.25) is 0 Å². The van der Waals surface area contributed by atoms with Gasteiger partial charge in [-0.15, -0.1) is 0 Å². The van der Waals surface area contributed by atoms with Crippen molar-refractivity contribution in [1.29, 1.82) is 0 Å². The lowest BCUT2D eigenvalue weighted by molar-refractivity contribution is 0.670. The zero-order chi connectivity index (χ0) is 42.6. The molecule has 4 nitrogen and oxygen atoms in total. The van der Waals surface area contributed by atoms with Crippen molar-refractivity contribution >= 4 is 87.4 Å². The van der Waals surface area contributed by atoms with E-state index in [-0.39, 0.29) is 0 Å². The van der Waals surface area contributed by atoms with Crippen molar-refractivity contribution in [2.45, 2.75) is 0 Å². The summed E-state index contributed by atoms with van der Waals surface area (Å²) in [6, 6.07) is 77.9. The number of nitrogens with zero attached hydrogens (tertiary/aromatic N) is 2. The number of hydrogen-bond donors (Lipinski definition) is 0. The molecule has 14 rings (SSSR count). The third kappa shape index (κ3) is 5.47. The summed E-state index contributed by atoms with van der Waals surface area (Å²) in [5, 5.41) is 10.2. The van der Waals surface area contributed by atoms with Crippen molar-refractivity contribution in [3.05, 3.63) is 218 Å². The Morgan fingerprint density at radius 3 is 1.55 bits per heavy atom. The lowest BCUT2D eigenvalue weighted by Crippen LogP contribution is -1.95. The van der Waals surface area contributed by atoms with Crippen LogP contribution < -0.4 is 0 Å². The molecule has 302 valence electrons. The predicted octanol–water partition coefficient (Wildman–Crippen LogP) is 17.0. The average molecular weight is 829 g/mol. The molecule has 0 bridgehead atoms. The fraction of sp³-hybridized carbons (Fsp3) is 0. The van der Waals surface area contributed by atoms with Gasteiger partial charge in [-0.3, -0.25) is 0 Å². The largest absolute Gasteiger partial charge is 0.455 e. The number of benzene rings is 10. The molecule has 0 saturated carbocycles. The SMILES string of the molecule is c1ccc(-c2nc3ccc(-c4cc(-c5cccc6c5oc5ccccc56)cc(-c5cccc6c5oc5ccccc56)c4)cc3c3cc4c5ccccc5n(-c5ccccc5)c4cc23)cc1. The zero-order valence-corrected chi connectivity index (χ0v) is 35.0. The molecule has 0 amide bonds. The van der Waals surface area contributed by atoms with Crippen LogP contribution in [-0.2, 0) is 0 Å². The Kier molecular flexibility index (Phi) is 7.65. The highest BCUT2D eigenvalue weighted by molar-refractivity contribution is 6.21. The number of pyridine rings is 1. The average Bonchev–Trinajstić information content (AvgIpc) is 4.05. The molecule has 0 spiro atoms. The summed E-state index contributed by atoms with van der Waals surface area (Å²) in [5.74, 6) is 0. The third-order valence-electron chi connectivity index (χ3n) is 13.3. The fourth-order valence-corrected chi connectivity index (χ4v) is 10.4. The predicted molar refractivity (Wildman–Crippen MR) is 270 cm³/mol. The van der Waals surface area contributed by atoms with Gasteiger partial charge in [0.25, 0.3) is 0 Å². The molecular weight excluding hydrogens is 793 g/mol. The van der Waals surface area contributed by atoms with Crippen LogP contribution in [0.25, 0.3) is 138 Å². The summed E-state index contributed by atoms with van der Waals surface area (Å²) in [6.07, 6.45) is 0. The molecule has 4 heteroatoms. The molecule has 0 N–H and O–H groups in total. The Morgan fingerprint density at radius 1 is 0.308 bits per heavy atom. The van der Waals surface area contributed by atoms with Crippen LogP contribution in [0.5, 0.6) is 0 Å². The van der Waals surface area contributed by atoms with Gasteiger partial charge in [-0.05, 0) is 100 Å². The highest BCUT2D eigenvalue weighted by atomic mass is 16.3. The fourth-order valence-electron chi connectivity index (χ4n) is 10.4. The van der Waals surface area contributed by atoms with E-state index in [4.69, 9.17) is 13.8 Å². The molecule has 0 aliphatic carbocycles. The normalized spacial score (nSPS) is 12.0. The van der Waals surface area contributed by atoms with Crippen molar-refractivity contribution in [2.75, 3.05) is 0 Å². The molecule has 14 aromatic rings. The van der Waals surface area contributed by atoms with Gasteiger partial charge in [-0.2, -0.15) is 0 Å². The van der Waals surface area contributed by atoms with Gasteiger partial charge < -0.3 is 13.4 Å². The van der Waals surface area contributed by atoms with Gasteiger partial charge in [0.1, 0.15) is 22.3 Å². The topological polar surface area (TPSA) is 44.1 Å². The van der Waals surface area contributed by atoms with E-state index < -0.39 is 0 Å². The second kappa shape index (κ2) is 13.9. The third-order valence-corrected chi connectivity index (χ3v) is 13.3. The first kappa shape index (κ1) is 35.8. The lowest BCUT2D eigenvalue weighted by atomic mass is 9.91. The van der Waals surface area contributed by atoms with Gasteiger partial charge >= 0.3 is 0 Å². The van der Waals surface area contributed by atoms with E-state index in [1.54, 1.807) is 0 Å². The first-order valence-corrected chi connectivity index (χ1v) is 22.1. The van der Waals surface area contributed by atoms with E-state index in [0.29, 0.717) is 0 Å². The van der Waals surface area contributed by atoms with Crippen molar-refractivity contribution in [3.63, 3.8) is 0 Å². The molecule has 0 fully saturated rings. The summed E-state index contributed by atoms with van der Waals surface area (Å²) < 4.78 is 15.7. The molecule has 0 aliphatic rings. The van der Waals surface area contributed by atoms with Crippen molar-refractivity contribution in [1.82, 2.24) is 9.55 Å². The lowest BCUT2D eigenvalue weighted by Gasteiger charge is -2.15. The molecule has 65 heavy (non-hydrogen) atoms. The maximum Gasteiger partial charge on any atom is 0.143 e. The minimum absolute atomic E-state index is 0.875. The molecule has 0 atom stereocenters. The number of hydrogen-bond acceptors (Lipinski definition) is 3. The molecule has 10 aromatic carbocycles. The van der Waals surface area contributed by atoms with Crippen LogP contribution in [0.1, 0.15) is 0 Å². The van der Waals surface area contributed by atoms with Gasteiger partial charge in [0.2, 0.25) is 0 Å². The quantitative estimate of drug-likeness (QED) is 0.162. The van der Waals surface area contributed by atoms with Gasteiger partial charge in [0.15, 0.2) is 0 Å². The number of para-hydroxylation sites is 6. The minimum Gasteiger partial charge on any atom is -0.455 e. The van der Waals surface area contributed by atoms with Crippen LogP contribution in [0, 0.1) is 0 Å². The van der Waals surface area contributed by atoms with Crippen LogP contribution in [-0.4, -0.2) is 9.55 Å². The second-order valence-corrected chi connectivity index (χ2v) is 17.0. The maximum atomic E-state index is 6.66. The van der Waals surface area contributed by atoms with E-state index >= 15 is 0 Å². The van der Waals surface area contributed by atoms with E-state index in [1.807, 2.05) is 24.3 Å². The molecule has 0 saturated heterocycles. The number of fused-ring (bicyclic) bond motifs is 12. The van der Waals surface area contributed by atoms with Crippen LogP contribution in [0.15, 0.2) is 227 Å². The number of aromatic nitrogens is 2. The Bertz CT molecular complexity index is 4100. The molecule has 0 unspecified atom stereocenters. The summed E-state index contributed by atoms with van der Waals surface area (Å²) in [7, 11) is 0. The smallest absolute Gasteiger partial charge is 0.143 e. The standard InChI is InChI=1S/C61H36N2O2/c1-3-15-37(16-4-1)59-53-36-56-52(45-19-7-10-26-55(45)63(56)42-17-5-2-6-18-42)35-50(53)51-34-38(29-30-54(51)62-59)39-31-40(43-22-13-24-48-46-20-8-11-27-57(46)64-60(43)48)33-41(32-39)44-23-14-25-49-47-21-9-12-28-58(47)65-61(44)49/h1-36H. The van der Waals surface area contributed by atoms with Crippen LogP contribution in [0.4, 0.5) is 0 Å². The summed E-state index contributed by atoms with van der Waals surface area (Å²) >= 11 is 0. The highest BCUT2D eigenvalue weighted by Crippen LogP contribution is 2.44. The number of rotatable bonds is 5. The summed E-state index contributed by atoms with van der Waals surface area (Å²) in [4.78, 5) is 5.48. The monoisotopic (exact) mass is 828 g/mol. The van der Waals surface area contributed by atoms with Gasteiger partial charge in [0.05, 0.1) is 22.2 Å². The van der Waals surface area contributed by atoms with Crippen molar-refractivity contribution in [3.8, 4) is 50.3 Å². The summed E-state index contributed by atoms with van der Waals surface area (Å²) in [5.41, 5.74) is 16.3. The van der Waals surface area contributed by atoms with Gasteiger partial charge in [-0.25, -0.2) is 4.98 Å². The summed E-state index contributed by atoms with van der Waals surface area (Å²) in [6.45, 7) is 0. The minimum atomic E-state index is 0.875. The molecule has 0 radical (unpaired) electrons. The molecular formula is C61H36N2O2. The zero-order valence-electron chi connectivity index (χ0n) is 35.0. The van der Waals surface area contributed by atoms with E-state index in [9.17, 15) is 0 Å². The van der Waals surface area contributed by atoms with Crippen LogP contribution >= 0.6 is 0 Å². The van der Waals surface area contributed by atoms with E-state index in [2.05, 4.69) is 199 Å². The van der Waals surface area contributed by atoms with Gasteiger partial charge in [-0.1, -0.05) is 146 Å². The Morgan fingerprint density at radius 2 is 0.877 bits per heavy atom. The maximum absolute atomic E-state index is 6.66. The van der Waals surface area contributed by atoms with Crippen molar-refractivity contribution < 1.29 is 8.83 Å². The van der Waals surface area contributed by atoms with E-state index in [0.717, 1.165) is 121 Å². The Hall–Kier alpha value is -8.73. The van der Waals surface area contributed by atoms with Crippen molar-refractivity contribution in [2.24, 2.45) is 0 Å². The Balaban J connectivity index is 1.05. The first-order valence-electron chi connectivity index (χ1n) is 22.1. The highest BCUT2D eigenvalue weighted by Gasteiger charge is 2.20. The number of furan rings is 2. The molecule has 0 aliphatic heterocycles. The van der Waals surface area contributed by atoms with Crippen LogP contribution in [0.3, 0.4) is 0 Å². The first-order chi connectivity index (χ1) is 32.2. The Labute approximate surface area is 372 Å². The van der Waals surface area contributed by atoms with Gasteiger partial charge in [0, 0.05) is 65.5 Å². The molecule has 4 heterocycles. The second-order valence-electron chi connectivity index (χ2n) is 17.0. The molecule has 4 aromatic heterocycles.